The lowest BCUT2D eigenvalue weighted by Crippen LogP contribution is -2.02. The highest BCUT2D eigenvalue weighted by molar-refractivity contribution is 9.10. The van der Waals surface area contributed by atoms with Gasteiger partial charge in [0.15, 0.2) is 23.1 Å². The number of allylic oxidation sites excluding steroid dienone is 1. The first-order chi connectivity index (χ1) is 15.0. The molecule has 3 aromatic rings. The number of Topliss-reactive ketones (excluding diaryl/α,β-unsaturated/α-hetero) is 2. The van der Waals surface area contributed by atoms with E-state index in [0.29, 0.717) is 45.9 Å². The molecule has 1 aliphatic rings. The molecule has 31 heavy (non-hydrogen) atoms. The standard InChI is InChI=1S/C25H18Br2O4/c1-2-30-22-12-16(11-20-24(28)18-5-3-4-6-19(18)25(20)29)21(27)13-23(22)31-14-15-7-9-17(26)10-8-15/h3-13H,2,14H2,1H3. The summed E-state index contributed by atoms with van der Waals surface area (Å²) in [6, 6.07) is 18.3. The average molecular weight is 542 g/mol. The van der Waals surface area contributed by atoms with Crippen LogP contribution in [0.15, 0.2) is 75.2 Å². The van der Waals surface area contributed by atoms with E-state index < -0.39 is 0 Å². The number of halogens is 2. The van der Waals surface area contributed by atoms with Crippen LogP contribution in [-0.2, 0) is 6.61 Å². The zero-order chi connectivity index (χ0) is 22.0. The summed E-state index contributed by atoms with van der Waals surface area (Å²) in [7, 11) is 0. The minimum atomic E-state index is -0.263. The van der Waals surface area contributed by atoms with Crippen LogP contribution in [0.25, 0.3) is 6.08 Å². The van der Waals surface area contributed by atoms with Gasteiger partial charge in [-0.3, -0.25) is 9.59 Å². The molecule has 0 heterocycles. The van der Waals surface area contributed by atoms with E-state index in [1.54, 1.807) is 42.5 Å². The second-order valence-electron chi connectivity index (χ2n) is 6.93. The largest absolute Gasteiger partial charge is 0.490 e. The molecule has 6 heteroatoms. The van der Waals surface area contributed by atoms with Crippen molar-refractivity contribution in [3.05, 3.63) is 97.4 Å². The lowest BCUT2D eigenvalue weighted by molar-refractivity contribution is 0.0990. The minimum absolute atomic E-state index is 0.146. The van der Waals surface area contributed by atoms with Gasteiger partial charge >= 0.3 is 0 Å². The van der Waals surface area contributed by atoms with Crippen molar-refractivity contribution >= 4 is 49.5 Å². The van der Waals surface area contributed by atoms with Crippen LogP contribution in [0.4, 0.5) is 0 Å². The van der Waals surface area contributed by atoms with Gasteiger partial charge < -0.3 is 9.47 Å². The van der Waals surface area contributed by atoms with Crippen molar-refractivity contribution in [1.29, 1.82) is 0 Å². The number of rotatable bonds is 6. The summed E-state index contributed by atoms with van der Waals surface area (Å²) >= 11 is 6.97. The molecule has 0 saturated heterocycles. The molecular formula is C25H18Br2O4. The molecule has 0 unspecified atom stereocenters. The quantitative estimate of drug-likeness (QED) is 0.259. The smallest absolute Gasteiger partial charge is 0.197 e. The highest BCUT2D eigenvalue weighted by Gasteiger charge is 2.32. The molecule has 0 saturated carbocycles. The maximum atomic E-state index is 12.7. The number of fused-ring (bicyclic) bond motifs is 1. The third-order valence-electron chi connectivity index (χ3n) is 4.88. The fourth-order valence-electron chi connectivity index (χ4n) is 3.34. The Labute approximate surface area is 197 Å². The van der Waals surface area contributed by atoms with Crippen molar-refractivity contribution in [2.75, 3.05) is 6.61 Å². The normalized spacial score (nSPS) is 12.7. The summed E-state index contributed by atoms with van der Waals surface area (Å²) in [6.45, 7) is 2.72. The van der Waals surface area contributed by atoms with Gasteiger partial charge in [0, 0.05) is 20.1 Å². The summed E-state index contributed by atoms with van der Waals surface area (Å²) in [4.78, 5) is 25.4. The molecule has 4 rings (SSSR count). The van der Waals surface area contributed by atoms with Crippen molar-refractivity contribution in [2.45, 2.75) is 13.5 Å². The van der Waals surface area contributed by atoms with Gasteiger partial charge in [0.1, 0.15) is 6.61 Å². The molecular weight excluding hydrogens is 524 g/mol. The number of hydrogen-bond acceptors (Lipinski definition) is 4. The monoisotopic (exact) mass is 540 g/mol. The zero-order valence-corrected chi connectivity index (χ0v) is 19.8. The van der Waals surface area contributed by atoms with Crippen molar-refractivity contribution < 1.29 is 19.1 Å². The fraction of sp³-hybridized carbons (Fsp3) is 0.120. The second kappa shape index (κ2) is 9.20. The predicted molar refractivity (Wildman–Crippen MR) is 127 cm³/mol. The van der Waals surface area contributed by atoms with Crippen LogP contribution in [-0.4, -0.2) is 18.2 Å². The first kappa shape index (κ1) is 21.5. The summed E-state index contributed by atoms with van der Waals surface area (Å²) in [5.74, 6) is 0.596. The first-order valence-electron chi connectivity index (χ1n) is 9.71. The van der Waals surface area contributed by atoms with Gasteiger partial charge in [-0.25, -0.2) is 0 Å². The molecule has 0 radical (unpaired) electrons. The Hall–Kier alpha value is -2.70. The Kier molecular flexibility index (Phi) is 6.39. The third kappa shape index (κ3) is 4.50. The molecule has 0 amide bonds. The fourth-order valence-corrected chi connectivity index (χ4v) is 4.04. The number of ketones is 2. The molecule has 0 N–H and O–H groups in total. The third-order valence-corrected chi connectivity index (χ3v) is 6.09. The minimum Gasteiger partial charge on any atom is -0.490 e. The van der Waals surface area contributed by atoms with Crippen LogP contribution in [0.5, 0.6) is 11.5 Å². The van der Waals surface area contributed by atoms with Crippen LogP contribution >= 0.6 is 31.9 Å². The van der Waals surface area contributed by atoms with E-state index in [1.165, 1.54) is 0 Å². The Morgan fingerprint density at radius 3 is 2.06 bits per heavy atom. The molecule has 0 atom stereocenters. The molecule has 0 bridgehead atoms. The number of ether oxygens (including phenoxy) is 2. The van der Waals surface area contributed by atoms with Gasteiger partial charge in [0.2, 0.25) is 0 Å². The van der Waals surface area contributed by atoms with Gasteiger partial charge in [0.05, 0.1) is 12.2 Å². The van der Waals surface area contributed by atoms with E-state index in [2.05, 4.69) is 31.9 Å². The number of carbonyl (C=O) groups is 2. The highest BCUT2D eigenvalue weighted by atomic mass is 79.9. The van der Waals surface area contributed by atoms with Gasteiger partial charge in [0.25, 0.3) is 0 Å². The van der Waals surface area contributed by atoms with Gasteiger partial charge in [-0.05, 0) is 48.4 Å². The van der Waals surface area contributed by atoms with Crippen LogP contribution in [0.2, 0.25) is 0 Å². The maximum absolute atomic E-state index is 12.7. The summed E-state index contributed by atoms with van der Waals surface area (Å²) < 4.78 is 13.5. The lowest BCUT2D eigenvalue weighted by Gasteiger charge is -2.14. The van der Waals surface area contributed by atoms with E-state index in [1.807, 2.05) is 31.2 Å². The van der Waals surface area contributed by atoms with E-state index in [9.17, 15) is 9.59 Å². The van der Waals surface area contributed by atoms with E-state index >= 15 is 0 Å². The second-order valence-corrected chi connectivity index (χ2v) is 8.70. The Morgan fingerprint density at radius 1 is 0.839 bits per heavy atom. The molecule has 0 aromatic heterocycles. The molecule has 0 aliphatic heterocycles. The van der Waals surface area contributed by atoms with Crippen molar-refractivity contribution in [1.82, 2.24) is 0 Å². The zero-order valence-electron chi connectivity index (χ0n) is 16.7. The lowest BCUT2D eigenvalue weighted by atomic mass is 10.1. The summed E-state index contributed by atoms with van der Waals surface area (Å²) in [5.41, 5.74) is 2.72. The van der Waals surface area contributed by atoms with Gasteiger partial charge in [-0.15, -0.1) is 0 Å². The Bertz CT molecular complexity index is 1160. The molecule has 0 fully saturated rings. The summed E-state index contributed by atoms with van der Waals surface area (Å²) in [6.07, 6.45) is 1.61. The highest BCUT2D eigenvalue weighted by Crippen LogP contribution is 2.37. The van der Waals surface area contributed by atoms with Crippen LogP contribution in [0.1, 0.15) is 38.8 Å². The maximum Gasteiger partial charge on any atom is 0.197 e. The first-order valence-corrected chi connectivity index (χ1v) is 11.3. The van der Waals surface area contributed by atoms with Crippen LogP contribution in [0, 0.1) is 0 Å². The predicted octanol–water partition coefficient (Wildman–Crippen LogP) is 6.65. The molecule has 156 valence electrons. The van der Waals surface area contributed by atoms with Crippen LogP contribution < -0.4 is 9.47 Å². The van der Waals surface area contributed by atoms with E-state index in [4.69, 9.17) is 9.47 Å². The van der Waals surface area contributed by atoms with Gasteiger partial charge in [-0.1, -0.05) is 68.3 Å². The van der Waals surface area contributed by atoms with Crippen LogP contribution in [0.3, 0.4) is 0 Å². The summed E-state index contributed by atoms with van der Waals surface area (Å²) in [5, 5.41) is 0. The van der Waals surface area contributed by atoms with Crippen molar-refractivity contribution in [3.8, 4) is 11.5 Å². The Balaban J connectivity index is 1.64. The number of benzene rings is 3. The molecule has 3 aromatic carbocycles. The number of carbonyl (C=O) groups excluding carboxylic acids is 2. The van der Waals surface area contributed by atoms with Crippen molar-refractivity contribution in [3.63, 3.8) is 0 Å². The average Bonchev–Trinajstić information content (AvgIpc) is 3.01. The van der Waals surface area contributed by atoms with E-state index in [0.717, 1.165) is 10.0 Å². The van der Waals surface area contributed by atoms with Gasteiger partial charge in [-0.2, -0.15) is 0 Å². The Morgan fingerprint density at radius 2 is 1.45 bits per heavy atom. The number of hydrogen-bond donors (Lipinski definition) is 0. The molecule has 4 nitrogen and oxygen atoms in total. The molecule has 1 aliphatic carbocycles. The molecule has 0 spiro atoms. The van der Waals surface area contributed by atoms with E-state index in [-0.39, 0.29) is 17.1 Å². The topological polar surface area (TPSA) is 52.6 Å². The SMILES string of the molecule is CCOc1cc(C=C2C(=O)c3ccccc3C2=O)c(Br)cc1OCc1ccc(Br)cc1. The van der Waals surface area contributed by atoms with Crippen molar-refractivity contribution in [2.24, 2.45) is 0 Å².